The van der Waals surface area contributed by atoms with Crippen LogP contribution in [-0.2, 0) is 17.9 Å². The van der Waals surface area contributed by atoms with Crippen LogP contribution in [0.25, 0.3) is 0 Å². The molecule has 0 spiro atoms. The van der Waals surface area contributed by atoms with Gasteiger partial charge < -0.3 is 10.6 Å². The summed E-state index contributed by atoms with van der Waals surface area (Å²) in [5.74, 6) is 0.0457. The second kappa shape index (κ2) is 6.54. The molecule has 0 fully saturated rings. The first-order chi connectivity index (χ1) is 8.45. The molecule has 0 aliphatic carbocycles. The van der Waals surface area contributed by atoms with Gasteiger partial charge in [-0.3, -0.25) is 9.48 Å². The van der Waals surface area contributed by atoms with Gasteiger partial charge in [0, 0.05) is 43.9 Å². The van der Waals surface area contributed by atoms with E-state index in [0.29, 0.717) is 19.0 Å². The van der Waals surface area contributed by atoms with Gasteiger partial charge >= 0.3 is 0 Å². The van der Waals surface area contributed by atoms with Gasteiger partial charge in [-0.1, -0.05) is 13.8 Å². The highest BCUT2D eigenvalue weighted by atomic mass is 16.1. The molecule has 2 N–H and O–H groups in total. The number of hydrogen-bond acceptors (Lipinski definition) is 3. The molecule has 0 saturated carbocycles. The molecule has 0 bridgehead atoms. The minimum atomic E-state index is 0.0457. The van der Waals surface area contributed by atoms with Crippen LogP contribution in [0.4, 0.5) is 0 Å². The highest BCUT2D eigenvalue weighted by molar-refractivity contribution is 5.75. The van der Waals surface area contributed by atoms with Crippen molar-refractivity contribution in [1.82, 2.24) is 20.4 Å². The number of carbonyl (C=O) groups excluding carboxylic acids is 1. The largest absolute Gasteiger partial charge is 0.359 e. The Morgan fingerprint density at radius 1 is 1.39 bits per heavy atom. The minimum absolute atomic E-state index is 0.0457. The lowest BCUT2D eigenvalue weighted by Gasteiger charge is -2.09. The Hall–Kier alpha value is -1.36. The number of amides is 1. The van der Waals surface area contributed by atoms with Crippen molar-refractivity contribution in [2.75, 3.05) is 7.05 Å². The molecule has 1 rings (SSSR count). The van der Waals surface area contributed by atoms with Crippen LogP contribution in [0.2, 0.25) is 0 Å². The van der Waals surface area contributed by atoms with Gasteiger partial charge in [0.1, 0.15) is 0 Å². The lowest BCUT2D eigenvalue weighted by atomic mass is 10.2. The zero-order valence-corrected chi connectivity index (χ0v) is 12.0. The van der Waals surface area contributed by atoms with Gasteiger partial charge in [0.25, 0.3) is 0 Å². The van der Waals surface area contributed by atoms with Crippen LogP contribution in [0.3, 0.4) is 0 Å². The summed E-state index contributed by atoms with van der Waals surface area (Å²) in [6.07, 6.45) is 0.468. The van der Waals surface area contributed by atoms with Gasteiger partial charge in [0.05, 0.1) is 5.69 Å². The molecule has 5 heteroatoms. The van der Waals surface area contributed by atoms with Crippen LogP contribution in [0.5, 0.6) is 0 Å². The van der Waals surface area contributed by atoms with Gasteiger partial charge in [-0.05, 0) is 13.8 Å². The third-order valence-electron chi connectivity index (χ3n) is 3.05. The molecule has 0 radical (unpaired) electrons. The molecule has 1 aromatic rings. The van der Waals surface area contributed by atoms with Crippen molar-refractivity contribution in [3.8, 4) is 0 Å². The predicted octanol–water partition coefficient (Wildman–Crippen LogP) is 1.13. The molecular weight excluding hydrogens is 228 g/mol. The van der Waals surface area contributed by atoms with Crippen LogP contribution < -0.4 is 10.6 Å². The summed E-state index contributed by atoms with van der Waals surface area (Å²) in [7, 11) is 1.65. The lowest BCUT2D eigenvalue weighted by Crippen LogP contribution is -2.22. The van der Waals surface area contributed by atoms with Crippen molar-refractivity contribution in [2.45, 2.75) is 53.2 Å². The van der Waals surface area contributed by atoms with Crippen molar-refractivity contribution in [3.05, 3.63) is 17.0 Å². The summed E-state index contributed by atoms with van der Waals surface area (Å²) in [6.45, 7) is 9.78. The molecular formula is C13H24N4O. The Balaban J connectivity index is 2.71. The Morgan fingerprint density at radius 2 is 2.06 bits per heavy atom. The SMILES string of the molecule is CNC(=O)CCn1nc(C)c(CNC(C)C)c1C. The second-order valence-corrected chi connectivity index (χ2v) is 4.83. The monoisotopic (exact) mass is 252 g/mol. The van der Waals surface area contributed by atoms with Gasteiger partial charge in [0.15, 0.2) is 0 Å². The molecule has 1 heterocycles. The third kappa shape index (κ3) is 3.84. The zero-order chi connectivity index (χ0) is 13.7. The quantitative estimate of drug-likeness (QED) is 0.798. The number of rotatable bonds is 6. The standard InChI is InChI=1S/C13H24N4O/c1-9(2)15-8-12-10(3)16-17(11(12)4)7-6-13(18)14-5/h9,15H,6-8H2,1-5H3,(H,14,18). The zero-order valence-electron chi connectivity index (χ0n) is 12.0. The Kier molecular flexibility index (Phi) is 5.34. The van der Waals surface area contributed by atoms with Crippen LogP contribution in [-0.4, -0.2) is 28.8 Å². The highest BCUT2D eigenvalue weighted by Crippen LogP contribution is 2.13. The highest BCUT2D eigenvalue weighted by Gasteiger charge is 2.12. The molecule has 0 aliphatic heterocycles. The molecule has 18 heavy (non-hydrogen) atoms. The first kappa shape index (κ1) is 14.7. The first-order valence-corrected chi connectivity index (χ1v) is 6.42. The Bertz CT molecular complexity index is 409. The molecule has 1 amide bonds. The van der Waals surface area contributed by atoms with Crippen LogP contribution in [0.1, 0.15) is 37.2 Å². The maximum absolute atomic E-state index is 11.2. The number of nitrogens with zero attached hydrogens (tertiary/aromatic N) is 2. The van der Waals surface area contributed by atoms with Crippen molar-refractivity contribution >= 4 is 5.91 Å². The minimum Gasteiger partial charge on any atom is -0.359 e. The van der Waals surface area contributed by atoms with E-state index in [1.807, 2.05) is 11.6 Å². The van der Waals surface area contributed by atoms with Gasteiger partial charge in [-0.2, -0.15) is 5.10 Å². The Morgan fingerprint density at radius 3 is 2.61 bits per heavy atom. The second-order valence-electron chi connectivity index (χ2n) is 4.83. The number of carbonyl (C=O) groups is 1. The van der Waals surface area contributed by atoms with Crippen molar-refractivity contribution in [1.29, 1.82) is 0 Å². The molecule has 102 valence electrons. The summed E-state index contributed by atoms with van der Waals surface area (Å²) in [6, 6.07) is 0.456. The van der Waals surface area contributed by atoms with E-state index in [2.05, 4.69) is 36.5 Å². The number of aryl methyl sites for hydroxylation is 2. The fraction of sp³-hybridized carbons (Fsp3) is 0.692. The number of nitrogens with one attached hydrogen (secondary N) is 2. The molecule has 0 aliphatic rings. The average molecular weight is 252 g/mol. The third-order valence-corrected chi connectivity index (χ3v) is 3.05. The predicted molar refractivity (Wildman–Crippen MR) is 72.4 cm³/mol. The fourth-order valence-corrected chi connectivity index (χ4v) is 1.85. The van der Waals surface area contributed by atoms with E-state index in [9.17, 15) is 4.79 Å². The van der Waals surface area contributed by atoms with E-state index >= 15 is 0 Å². The van der Waals surface area contributed by atoms with E-state index in [1.54, 1.807) is 7.05 Å². The summed E-state index contributed by atoms with van der Waals surface area (Å²) in [5, 5.41) is 10.5. The van der Waals surface area contributed by atoms with E-state index < -0.39 is 0 Å². The van der Waals surface area contributed by atoms with Crippen LogP contribution >= 0.6 is 0 Å². The molecule has 0 aromatic carbocycles. The van der Waals surface area contributed by atoms with Crippen molar-refractivity contribution in [2.24, 2.45) is 0 Å². The normalized spacial score (nSPS) is 11.0. The molecule has 0 saturated heterocycles. The van der Waals surface area contributed by atoms with Gasteiger partial charge in [-0.15, -0.1) is 0 Å². The smallest absolute Gasteiger partial charge is 0.221 e. The van der Waals surface area contributed by atoms with Crippen LogP contribution in [0.15, 0.2) is 0 Å². The summed E-state index contributed by atoms with van der Waals surface area (Å²) in [5.41, 5.74) is 3.42. The summed E-state index contributed by atoms with van der Waals surface area (Å²) >= 11 is 0. The maximum Gasteiger partial charge on any atom is 0.221 e. The summed E-state index contributed by atoms with van der Waals surface area (Å²) in [4.78, 5) is 11.2. The molecule has 1 aromatic heterocycles. The van der Waals surface area contributed by atoms with Gasteiger partial charge in [-0.25, -0.2) is 0 Å². The number of hydrogen-bond donors (Lipinski definition) is 2. The van der Waals surface area contributed by atoms with E-state index in [1.165, 1.54) is 5.56 Å². The molecule has 0 atom stereocenters. The average Bonchev–Trinajstić information content (AvgIpc) is 2.59. The van der Waals surface area contributed by atoms with Crippen molar-refractivity contribution < 1.29 is 4.79 Å². The fourth-order valence-electron chi connectivity index (χ4n) is 1.85. The van der Waals surface area contributed by atoms with Crippen molar-refractivity contribution in [3.63, 3.8) is 0 Å². The number of aromatic nitrogens is 2. The summed E-state index contributed by atoms with van der Waals surface area (Å²) < 4.78 is 1.92. The van der Waals surface area contributed by atoms with Crippen LogP contribution in [0, 0.1) is 13.8 Å². The Labute approximate surface area is 109 Å². The molecule has 0 unspecified atom stereocenters. The van der Waals surface area contributed by atoms with E-state index in [4.69, 9.17) is 0 Å². The van der Waals surface area contributed by atoms with E-state index in [-0.39, 0.29) is 5.91 Å². The topological polar surface area (TPSA) is 59.0 Å². The lowest BCUT2D eigenvalue weighted by molar-refractivity contribution is -0.120. The maximum atomic E-state index is 11.2. The van der Waals surface area contributed by atoms with E-state index in [0.717, 1.165) is 17.9 Å². The molecule has 5 nitrogen and oxygen atoms in total. The van der Waals surface area contributed by atoms with Gasteiger partial charge in [0.2, 0.25) is 5.91 Å². The first-order valence-electron chi connectivity index (χ1n) is 6.42.